The van der Waals surface area contributed by atoms with Gasteiger partial charge < -0.3 is 14.6 Å². The molecule has 0 fully saturated rings. The average molecular weight is 445 g/mol. The van der Waals surface area contributed by atoms with Gasteiger partial charge in [0.1, 0.15) is 11.5 Å². The summed E-state index contributed by atoms with van der Waals surface area (Å²) < 4.78 is 5.59. The maximum absolute atomic E-state index is 12.7. The molecular weight excluding hydrogens is 412 g/mol. The number of allylic oxidation sites excluding steroid dienone is 4. The molecule has 0 bridgehead atoms. The van der Waals surface area contributed by atoms with Crippen LogP contribution in [-0.4, -0.2) is 34.7 Å². The molecule has 1 aliphatic carbocycles. The Labute approximate surface area is 195 Å². The number of hydrogen-bond acceptors (Lipinski definition) is 3. The maximum Gasteiger partial charge on any atom is 0.264 e. The summed E-state index contributed by atoms with van der Waals surface area (Å²) >= 11 is 0. The Morgan fingerprint density at radius 3 is 2.91 bits per heavy atom. The van der Waals surface area contributed by atoms with E-state index in [0.29, 0.717) is 11.2 Å². The zero-order chi connectivity index (χ0) is 23.6. The highest BCUT2D eigenvalue weighted by Gasteiger charge is 2.29. The minimum Gasteiger partial charge on any atom is -0.484 e. The Morgan fingerprint density at radius 1 is 1.33 bits per heavy atom. The third-order valence-electron chi connectivity index (χ3n) is 6.30. The number of amides is 1. The first-order valence-electron chi connectivity index (χ1n) is 11.4. The molecule has 0 atom stereocenters. The number of ether oxygens (including phenoxy) is 1. The molecule has 2 aromatic heterocycles. The molecule has 1 aromatic carbocycles. The molecule has 2 N–H and O–H groups in total. The minimum atomic E-state index is -0.140. The highest BCUT2D eigenvalue weighted by molar-refractivity contribution is 5.97. The lowest BCUT2D eigenvalue weighted by Gasteiger charge is -2.28. The molecule has 4 rings (SSSR count). The first-order valence-corrected chi connectivity index (χ1v) is 11.4. The molecule has 1 amide bonds. The molecule has 6 heteroatoms. The number of likely N-dealkylation sites (N-methyl/N-ethyl adjacent to an activating group) is 1. The molecule has 0 spiro atoms. The van der Waals surface area contributed by atoms with E-state index in [1.165, 1.54) is 11.3 Å². The summed E-state index contributed by atoms with van der Waals surface area (Å²) in [7, 11) is 1.76. The Bertz CT molecular complexity index is 1240. The Balaban J connectivity index is 1.52. The number of carbonyl (C=O) groups excluding carboxylic acids is 1. The summed E-state index contributed by atoms with van der Waals surface area (Å²) in [5.74, 6) is 0.420. The fourth-order valence-electron chi connectivity index (χ4n) is 4.27. The van der Waals surface area contributed by atoms with E-state index in [2.05, 4.69) is 41.7 Å². The molecule has 33 heavy (non-hydrogen) atoms. The first kappa shape index (κ1) is 22.6. The lowest BCUT2D eigenvalue weighted by Crippen LogP contribution is -2.29. The van der Waals surface area contributed by atoms with Crippen LogP contribution in [0.15, 0.2) is 60.9 Å². The number of H-pyrrole nitrogens is 2. The van der Waals surface area contributed by atoms with Gasteiger partial charge in [0.05, 0.1) is 5.69 Å². The minimum absolute atomic E-state index is 0.0598. The second-order valence-electron chi connectivity index (χ2n) is 9.37. The van der Waals surface area contributed by atoms with Gasteiger partial charge in [-0.2, -0.15) is 5.10 Å². The number of hydrogen-bond donors (Lipinski definition) is 2. The molecule has 1 aliphatic rings. The van der Waals surface area contributed by atoms with Crippen LogP contribution in [0, 0.1) is 5.41 Å². The van der Waals surface area contributed by atoms with Crippen LogP contribution in [0.1, 0.15) is 38.4 Å². The number of fused-ring (bicyclic) bond motifs is 2. The van der Waals surface area contributed by atoms with Crippen molar-refractivity contribution in [2.24, 2.45) is 5.41 Å². The number of nitrogens with one attached hydrogen (secondary N) is 2. The maximum atomic E-state index is 12.7. The fourth-order valence-corrected chi connectivity index (χ4v) is 4.27. The van der Waals surface area contributed by atoms with Crippen LogP contribution in [0.5, 0.6) is 0 Å². The molecular formula is C27H32N4O2. The van der Waals surface area contributed by atoms with Crippen molar-refractivity contribution in [2.75, 3.05) is 18.6 Å². The van der Waals surface area contributed by atoms with Crippen LogP contribution in [0.2, 0.25) is 0 Å². The van der Waals surface area contributed by atoms with Crippen LogP contribution >= 0.6 is 0 Å². The van der Waals surface area contributed by atoms with E-state index < -0.39 is 0 Å². The third-order valence-corrected chi connectivity index (χ3v) is 6.30. The number of nitrogens with zero attached hydrogens (tertiary/aromatic N) is 2. The third kappa shape index (κ3) is 4.80. The zero-order valence-electron chi connectivity index (χ0n) is 19.9. The van der Waals surface area contributed by atoms with Gasteiger partial charge in [0.25, 0.3) is 5.91 Å². The van der Waals surface area contributed by atoms with Gasteiger partial charge in [0.15, 0.2) is 6.61 Å². The molecule has 172 valence electrons. The van der Waals surface area contributed by atoms with E-state index in [1.54, 1.807) is 24.1 Å². The second-order valence-corrected chi connectivity index (χ2v) is 9.37. The van der Waals surface area contributed by atoms with Crippen molar-refractivity contribution in [1.82, 2.24) is 15.2 Å². The number of carbonyl (C=O) groups is 1. The molecule has 0 saturated heterocycles. The molecule has 0 radical (unpaired) electrons. The molecule has 2 heterocycles. The number of benzene rings is 1. The van der Waals surface area contributed by atoms with Crippen LogP contribution in [-0.2, 0) is 22.4 Å². The van der Waals surface area contributed by atoms with E-state index in [1.807, 2.05) is 37.3 Å². The quantitative estimate of drug-likeness (QED) is 0.363. The van der Waals surface area contributed by atoms with E-state index in [0.717, 1.165) is 47.2 Å². The standard InChI is InChI=1S/C27H32N4O2/c1-6-8-9-20(7-2)33-17-25(32)31(5)19-11-10-18-14-23(28-22(18)15-19)26-21-12-13-27(3,4)16-24(21)29-30-26/h6-11,14-15,28H,2,12-13,16-17H2,1,3-5H3,(H,29,30)/b8-6-,20-9+. The number of rotatable bonds is 7. The van der Waals surface area contributed by atoms with Gasteiger partial charge >= 0.3 is 0 Å². The van der Waals surface area contributed by atoms with Crippen molar-refractivity contribution >= 4 is 22.5 Å². The topological polar surface area (TPSA) is 74.0 Å². The molecule has 3 aromatic rings. The van der Waals surface area contributed by atoms with E-state index in [9.17, 15) is 4.79 Å². The molecule has 0 saturated carbocycles. The fraction of sp³-hybridized carbons (Fsp3) is 0.333. The summed E-state index contributed by atoms with van der Waals surface area (Å²) in [6, 6.07) is 8.09. The van der Waals surface area contributed by atoms with Crippen molar-refractivity contribution in [2.45, 2.75) is 40.0 Å². The number of aromatic amines is 2. The molecule has 6 nitrogen and oxygen atoms in total. The van der Waals surface area contributed by atoms with Gasteiger partial charge in [0.2, 0.25) is 0 Å². The average Bonchev–Trinajstić information content (AvgIpc) is 3.40. The van der Waals surface area contributed by atoms with Crippen molar-refractivity contribution in [3.63, 3.8) is 0 Å². The predicted octanol–water partition coefficient (Wildman–Crippen LogP) is 5.70. The van der Waals surface area contributed by atoms with E-state index >= 15 is 0 Å². The van der Waals surface area contributed by atoms with E-state index in [-0.39, 0.29) is 12.5 Å². The van der Waals surface area contributed by atoms with Crippen LogP contribution < -0.4 is 4.90 Å². The van der Waals surface area contributed by atoms with Gasteiger partial charge in [-0.15, -0.1) is 0 Å². The number of aromatic nitrogens is 3. The summed E-state index contributed by atoms with van der Waals surface area (Å²) in [4.78, 5) is 17.8. The highest BCUT2D eigenvalue weighted by atomic mass is 16.5. The summed E-state index contributed by atoms with van der Waals surface area (Å²) in [6.07, 6.45) is 10.3. The monoisotopic (exact) mass is 444 g/mol. The van der Waals surface area contributed by atoms with Gasteiger partial charge in [-0.1, -0.05) is 38.6 Å². The lowest BCUT2D eigenvalue weighted by molar-refractivity contribution is -0.121. The van der Waals surface area contributed by atoms with Crippen molar-refractivity contribution in [3.8, 4) is 11.4 Å². The van der Waals surface area contributed by atoms with E-state index in [4.69, 9.17) is 4.74 Å². The SMILES string of the molecule is C=C/C(=C\C=C/C)OCC(=O)N(C)c1ccc2cc(-c3n[nH]c4c3CCC(C)(C)C4)[nH]c2c1. The smallest absolute Gasteiger partial charge is 0.264 e. The number of anilines is 1. The van der Waals surface area contributed by atoms with Gasteiger partial charge in [0, 0.05) is 34.9 Å². The van der Waals surface area contributed by atoms with Gasteiger partial charge in [-0.25, -0.2) is 0 Å². The van der Waals surface area contributed by atoms with Gasteiger partial charge in [-0.05, 0) is 62.0 Å². The Hall–Kier alpha value is -3.54. The lowest BCUT2D eigenvalue weighted by atomic mass is 9.76. The van der Waals surface area contributed by atoms with Crippen molar-refractivity contribution < 1.29 is 9.53 Å². The second kappa shape index (κ2) is 9.14. The normalized spacial score (nSPS) is 15.6. The molecule has 0 unspecified atom stereocenters. The van der Waals surface area contributed by atoms with Gasteiger partial charge in [-0.3, -0.25) is 9.89 Å². The van der Waals surface area contributed by atoms with Crippen molar-refractivity contribution in [1.29, 1.82) is 0 Å². The summed E-state index contributed by atoms with van der Waals surface area (Å²) in [6.45, 7) is 10.2. The zero-order valence-corrected chi connectivity index (χ0v) is 19.9. The summed E-state index contributed by atoms with van der Waals surface area (Å²) in [5.41, 5.74) is 6.64. The Kier molecular flexibility index (Phi) is 6.27. The summed E-state index contributed by atoms with van der Waals surface area (Å²) in [5, 5.41) is 8.97. The Morgan fingerprint density at radius 2 is 2.15 bits per heavy atom. The van der Waals surface area contributed by atoms with Crippen LogP contribution in [0.3, 0.4) is 0 Å². The highest BCUT2D eigenvalue weighted by Crippen LogP contribution is 2.38. The predicted molar refractivity (Wildman–Crippen MR) is 134 cm³/mol. The largest absolute Gasteiger partial charge is 0.484 e. The van der Waals surface area contributed by atoms with Crippen molar-refractivity contribution in [3.05, 3.63) is 72.2 Å². The molecule has 0 aliphatic heterocycles. The first-order chi connectivity index (χ1) is 15.8. The van der Waals surface area contributed by atoms with Crippen LogP contribution in [0.25, 0.3) is 22.3 Å². The van der Waals surface area contributed by atoms with Crippen LogP contribution in [0.4, 0.5) is 5.69 Å².